The molecule has 0 saturated carbocycles. The van der Waals surface area contributed by atoms with Crippen molar-refractivity contribution in [3.63, 3.8) is 0 Å². The second-order valence-electron chi connectivity index (χ2n) is 7.03. The van der Waals surface area contributed by atoms with E-state index in [2.05, 4.69) is 27.7 Å². The van der Waals surface area contributed by atoms with Crippen LogP contribution in [0, 0.1) is 0 Å². The van der Waals surface area contributed by atoms with E-state index < -0.39 is 0 Å². The molecule has 0 bridgehead atoms. The Morgan fingerprint density at radius 3 is 2.58 bits per heavy atom. The maximum absolute atomic E-state index is 12.7. The summed E-state index contributed by atoms with van der Waals surface area (Å²) in [5.41, 5.74) is 3.08. The lowest BCUT2D eigenvalue weighted by Gasteiger charge is -2.16. The van der Waals surface area contributed by atoms with Crippen LogP contribution in [0.2, 0.25) is 5.02 Å². The van der Waals surface area contributed by atoms with Crippen molar-refractivity contribution in [2.75, 3.05) is 12.8 Å². The molecular weight excluding hydrogens is 448 g/mol. The van der Waals surface area contributed by atoms with Crippen LogP contribution in [0.25, 0.3) is 11.4 Å². The number of benzene rings is 2. The molecule has 0 N–H and O–H groups in total. The summed E-state index contributed by atoms with van der Waals surface area (Å²) < 4.78 is 2.02. The molecule has 0 radical (unpaired) electrons. The second kappa shape index (κ2) is 10.1. The van der Waals surface area contributed by atoms with Crippen molar-refractivity contribution in [1.82, 2.24) is 19.7 Å². The molecule has 0 fully saturated rings. The molecule has 2 aromatic carbocycles. The first-order valence-electron chi connectivity index (χ1n) is 9.71. The van der Waals surface area contributed by atoms with Gasteiger partial charge in [0.2, 0.25) is 5.91 Å². The van der Waals surface area contributed by atoms with Crippen molar-refractivity contribution in [2.45, 2.75) is 18.2 Å². The fourth-order valence-corrected chi connectivity index (χ4v) is 4.89. The molecule has 158 valence electrons. The molecule has 0 saturated heterocycles. The summed E-state index contributed by atoms with van der Waals surface area (Å²) in [6, 6.07) is 19.7. The van der Waals surface area contributed by atoms with Gasteiger partial charge in [0.25, 0.3) is 0 Å². The molecule has 0 unspecified atom stereocenters. The van der Waals surface area contributed by atoms with Gasteiger partial charge in [-0.25, -0.2) is 0 Å². The van der Waals surface area contributed by atoms with E-state index in [1.54, 1.807) is 16.2 Å². The normalized spacial score (nSPS) is 10.9. The zero-order valence-electron chi connectivity index (χ0n) is 16.9. The van der Waals surface area contributed by atoms with Crippen LogP contribution in [-0.2, 0) is 17.9 Å². The molecule has 8 heteroatoms. The molecule has 4 aromatic rings. The number of nitrogens with zero attached hydrogens (tertiary/aromatic N) is 4. The number of hydrogen-bond donors (Lipinski definition) is 0. The summed E-state index contributed by atoms with van der Waals surface area (Å²) in [5.74, 6) is 1.02. The highest BCUT2D eigenvalue weighted by Gasteiger charge is 2.19. The fourth-order valence-electron chi connectivity index (χ4n) is 3.13. The van der Waals surface area contributed by atoms with Crippen LogP contribution in [0.4, 0.5) is 0 Å². The predicted molar refractivity (Wildman–Crippen MR) is 128 cm³/mol. The first-order chi connectivity index (χ1) is 15.1. The van der Waals surface area contributed by atoms with Crippen molar-refractivity contribution in [1.29, 1.82) is 0 Å². The van der Waals surface area contributed by atoms with Gasteiger partial charge in [0.05, 0.1) is 17.3 Å². The summed E-state index contributed by atoms with van der Waals surface area (Å²) in [6.07, 6.45) is 0. The molecule has 0 aliphatic heterocycles. The zero-order chi connectivity index (χ0) is 21.6. The Labute approximate surface area is 194 Å². The number of aromatic nitrogens is 3. The van der Waals surface area contributed by atoms with Crippen LogP contribution in [-0.4, -0.2) is 38.4 Å². The Balaban J connectivity index is 1.55. The average Bonchev–Trinajstić information content (AvgIpc) is 3.43. The van der Waals surface area contributed by atoms with E-state index in [1.165, 1.54) is 11.8 Å². The third-order valence-electron chi connectivity index (χ3n) is 4.77. The van der Waals surface area contributed by atoms with Crippen LogP contribution in [0.1, 0.15) is 11.1 Å². The number of thiophene rings is 1. The van der Waals surface area contributed by atoms with Gasteiger partial charge < -0.3 is 4.90 Å². The van der Waals surface area contributed by atoms with Gasteiger partial charge in [-0.05, 0) is 40.1 Å². The quantitative estimate of drug-likeness (QED) is 0.322. The predicted octanol–water partition coefficient (Wildman–Crippen LogP) is 5.46. The smallest absolute Gasteiger partial charge is 0.233 e. The van der Waals surface area contributed by atoms with Crippen molar-refractivity contribution in [3.05, 3.63) is 87.6 Å². The third kappa shape index (κ3) is 5.36. The second-order valence-corrected chi connectivity index (χ2v) is 9.16. The van der Waals surface area contributed by atoms with E-state index >= 15 is 0 Å². The monoisotopic (exact) mass is 468 g/mol. The van der Waals surface area contributed by atoms with E-state index in [0.717, 1.165) is 16.7 Å². The molecule has 0 atom stereocenters. The van der Waals surface area contributed by atoms with Gasteiger partial charge in [0.1, 0.15) is 0 Å². The van der Waals surface area contributed by atoms with Crippen molar-refractivity contribution < 1.29 is 4.79 Å². The van der Waals surface area contributed by atoms with Gasteiger partial charge in [0.15, 0.2) is 11.0 Å². The number of rotatable bonds is 8. The summed E-state index contributed by atoms with van der Waals surface area (Å²) in [5, 5.41) is 14.2. The third-order valence-corrected chi connectivity index (χ3v) is 6.78. The fraction of sp³-hybridized carbons (Fsp3) is 0.174. The Morgan fingerprint density at radius 2 is 1.84 bits per heavy atom. The maximum Gasteiger partial charge on any atom is 0.233 e. The summed E-state index contributed by atoms with van der Waals surface area (Å²) >= 11 is 9.46. The molecular formula is C23H21ClN4OS2. The van der Waals surface area contributed by atoms with Gasteiger partial charge in [0, 0.05) is 19.2 Å². The van der Waals surface area contributed by atoms with Crippen LogP contribution >= 0.6 is 34.7 Å². The lowest BCUT2D eigenvalue weighted by molar-refractivity contribution is -0.127. The SMILES string of the molecule is CN(Cc1ccsc1)C(=O)CSc1nnc(-c2ccccc2Cl)n1Cc1ccccc1. The first kappa shape index (κ1) is 21.6. The Kier molecular flexibility index (Phi) is 7.06. The van der Waals surface area contributed by atoms with Gasteiger partial charge in [-0.2, -0.15) is 11.3 Å². The van der Waals surface area contributed by atoms with E-state index in [0.29, 0.717) is 29.1 Å². The number of carbonyl (C=O) groups is 1. The molecule has 0 aliphatic rings. The minimum Gasteiger partial charge on any atom is -0.341 e. The average molecular weight is 469 g/mol. The lowest BCUT2D eigenvalue weighted by Crippen LogP contribution is -2.27. The number of thioether (sulfide) groups is 1. The Hall–Kier alpha value is -2.61. The van der Waals surface area contributed by atoms with E-state index in [1.807, 2.05) is 65.5 Å². The van der Waals surface area contributed by atoms with Crippen molar-refractivity contribution in [3.8, 4) is 11.4 Å². The lowest BCUT2D eigenvalue weighted by atomic mass is 10.2. The number of carbonyl (C=O) groups excluding carboxylic acids is 1. The van der Waals surface area contributed by atoms with Crippen LogP contribution in [0.5, 0.6) is 0 Å². The molecule has 0 spiro atoms. The summed E-state index contributed by atoms with van der Waals surface area (Å²) in [6.45, 7) is 1.19. The maximum atomic E-state index is 12.7. The standard InChI is InChI=1S/C23H21ClN4OS2/c1-27(13-18-11-12-30-15-18)21(29)16-31-23-26-25-22(19-9-5-6-10-20(19)24)28(23)14-17-7-3-2-4-8-17/h2-12,15H,13-14,16H2,1H3. The summed E-state index contributed by atoms with van der Waals surface area (Å²) in [7, 11) is 1.82. The number of hydrogen-bond acceptors (Lipinski definition) is 5. The molecule has 0 aliphatic carbocycles. The van der Waals surface area contributed by atoms with Gasteiger partial charge in [-0.1, -0.05) is 65.8 Å². The highest BCUT2D eigenvalue weighted by molar-refractivity contribution is 7.99. The van der Waals surface area contributed by atoms with E-state index in [-0.39, 0.29) is 11.7 Å². The van der Waals surface area contributed by atoms with Gasteiger partial charge in [-0.15, -0.1) is 10.2 Å². The van der Waals surface area contributed by atoms with Gasteiger partial charge in [-0.3, -0.25) is 9.36 Å². The minimum atomic E-state index is 0.0461. The van der Waals surface area contributed by atoms with Crippen molar-refractivity contribution in [2.24, 2.45) is 0 Å². The topological polar surface area (TPSA) is 51.0 Å². The Bertz CT molecular complexity index is 1150. The summed E-state index contributed by atoms with van der Waals surface area (Å²) in [4.78, 5) is 14.4. The highest BCUT2D eigenvalue weighted by Crippen LogP contribution is 2.30. The van der Waals surface area contributed by atoms with E-state index in [9.17, 15) is 4.79 Å². The van der Waals surface area contributed by atoms with Crippen LogP contribution in [0.3, 0.4) is 0 Å². The van der Waals surface area contributed by atoms with Crippen LogP contribution in [0.15, 0.2) is 76.6 Å². The first-order valence-corrected chi connectivity index (χ1v) is 12.0. The molecule has 1 amide bonds. The van der Waals surface area contributed by atoms with Gasteiger partial charge >= 0.3 is 0 Å². The molecule has 31 heavy (non-hydrogen) atoms. The van der Waals surface area contributed by atoms with Crippen molar-refractivity contribution >= 4 is 40.6 Å². The molecule has 2 heterocycles. The molecule has 2 aromatic heterocycles. The van der Waals surface area contributed by atoms with Crippen LogP contribution < -0.4 is 0 Å². The zero-order valence-corrected chi connectivity index (χ0v) is 19.3. The highest BCUT2D eigenvalue weighted by atomic mass is 35.5. The van der Waals surface area contributed by atoms with E-state index in [4.69, 9.17) is 11.6 Å². The molecule has 5 nitrogen and oxygen atoms in total. The minimum absolute atomic E-state index is 0.0461. The number of halogens is 1. The Morgan fingerprint density at radius 1 is 1.06 bits per heavy atom. The largest absolute Gasteiger partial charge is 0.341 e. The molecule has 4 rings (SSSR count). The number of amides is 1.